The second-order valence-corrected chi connectivity index (χ2v) is 6.79. The number of aryl methyl sites for hydroxylation is 2. The van der Waals surface area contributed by atoms with Crippen molar-refractivity contribution in [3.63, 3.8) is 0 Å². The van der Waals surface area contributed by atoms with E-state index < -0.39 is 0 Å². The summed E-state index contributed by atoms with van der Waals surface area (Å²) in [7, 11) is 0. The molecule has 1 amide bonds. The zero-order valence-corrected chi connectivity index (χ0v) is 16.1. The zero-order chi connectivity index (χ0) is 19.5. The largest absolute Gasteiger partial charge is 0.466 e. The summed E-state index contributed by atoms with van der Waals surface area (Å²) in [5, 5.41) is 2.76. The number of amides is 1. The Labute approximate surface area is 161 Å². The van der Waals surface area contributed by atoms with Gasteiger partial charge in [-0.1, -0.05) is 18.6 Å². The van der Waals surface area contributed by atoms with Crippen LogP contribution in [-0.4, -0.2) is 30.8 Å². The van der Waals surface area contributed by atoms with E-state index in [4.69, 9.17) is 4.74 Å². The first-order valence-corrected chi connectivity index (χ1v) is 9.88. The monoisotopic (exact) mass is 371 g/mol. The van der Waals surface area contributed by atoms with E-state index in [1.807, 2.05) is 18.2 Å². The highest BCUT2D eigenvalue weighted by molar-refractivity contribution is 6.07. The minimum atomic E-state index is -0.272. The number of allylic oxidation sites excluding steroid dienone is 1. The second-order valence-electron chi connectivity index (χ2n) is 6.79. The topological polar surface area (TPSA) is 72.5 Å². The van der Waals surface area contributed by atoms with Gasteiger partial charge in [-0.3, -0.25) is 14.4 Å². The number of unbranched alkanes of at least 4 members (excludes halogenated alkanes) is 2. The summed E-state index contributed by atoms with van der Waals surface area (Å²) >= 11 is 0. The fourth-order valence-electron chi connectivity index (χ4n) is 3.21. The highest BCUT2D eigenvalue weighted by Gasteiger charge is 2.11. The molecule has 0 aromatic heterocycles. The van der Waals surface area contributed by atoms with E-state index in [-0.39, 0.29) is 17.7 Å². The van der Waals surface area contributed by atoms with E-state index in [9.17, 15) is 14.4 Å². The standard InChI is InChI=1S/C22H29NO4/c1-2-27-22(26)10-4-3-7-15-23-21(25)14-13-20(24)19-12-11-17-8-5-6-9-18(17)16-19/h11-14,16H,2-10,15H2,1H3,(H,23,25). The smallest absolute Gasteiger partial charge is 0.305 e. The molecule has 0 bridgehead atoms. The van der Waals surface area contributed by atoms with Gasteiger partial charge in [0.1, 0.15) is 0 Å². The van der Waals surface area contributed by atoms with Crippen LogP contribution < -0.4 is 5.32 Å². The third-order valence-corrected chi connectivity index (χ3v) is 4.68. The molecule has 1 aliphatic carbocycles. The van der Waals surface area contributed by atoms with Crippen molar-refractivity contribution in [1.29, 1.82) is 0 Å². The van der Waals surface area contributed by atoms with Crippen LogP contribution in [0, 0.1) is 0 Å². The Morgan fingerprint density at radius 1 is 1.04 bits per heavy atom. The van der Waals surface area contributed by atoms with Crippen LogP contribution in [0.1, 0.15) is 66.9 Å². The molecule has 0 fully saturated rings. The van der Waals surface area contributed by atoms with Gasteiger partial charge in [0.2, 0.25) is 5.91 Å². The van der Waals surface area contributed by atoms with E-state index in [1.54, 1.807) is 6.92 Å². The van der Waals surface area contributed by atoms with E-state index in [0.717, 1.165) is 32.1 Å². The molecule has 0 atom stereocenters. The van der Waals surface area contributed by atoms with Gasteiger partial charge in [-0.15, -0.1) is 0 Å². The molecule has 0 saturated heterocycles. The van der Waals surface area contributed by atoms with Gasteiger partial charge in [0.05, 0.1) is 6.61 Å². The average molecular weight is 371 g/mol. The molecule has 0 spiro atoms. The first-order chi connectivity index (χ1) is 13.1. The number of carbonyl (C=O) groups is 3. The Morgan fingerprint density at radius 2 is 1.81 bits per heavy atom. The average Bonchev–Trinajstić information content (AvgIpc) is 2.68. The number of hydrogen-bond acceptors (Lipinski definition) is 4. The molecule has 0 unspecified atom stereocenters. The minimum absolute atomic E-state index is 0.145. The van der Waals surface area contributed by atoms with Crippen LogP contribution in [0.2, 0.25) is 0 Å². The highest BCUT2D eigenvalue weighted by atomic mass is 16.5. The van der Waals surface area contributed by atoms with Gasteiger partial charge in [-0.05, 0) is 68.7 Å². The van der Waals surface area contributed by atoms with Crippen molar-refractivity contribution < 1.29 is 19.1 Å². The summed E-state index contributed by atoms with van der Waals surface area (Å²) in [5.74, 6) is -0.593. The van der Waals surface area contributed by atoms with Gasteiger partial charge in [-0.25, -0.2) is 0 Å². The molecular weight excluding hydrogens is 342 g/mol. The van der Waals surface area contributed by atoms with Gasteiger partial charge >= 0.3 is 5.97 Å². The maximum absolute atomic E-state index is 12.3. The van der Waals surface area contributed by atoms with Crippen molar-refractivity contribution in [3.8, 4) is 0 Å². The first kappa shape index (κ1) is 20.9. The fraction of sp³-hybridized carbons (Fsp3) is 0.500. The Kier molecular flexibility index (Phi) is 8.75. The Bertz CT molecular complexity index is 694. The van der Waals surface area contributed by atoms with Crippen LogP contribution in [0.4, 0.5) is 0 Å². The van der Waals surface area contributed by atoms with Crippen LogP contribution in [0.25, 0.3) is 0 Å². The maximum atomic E-state index is 12.3. The Hall–Kier alpha value is -2.43. The normalized spacial score (nSPS) is 13.2. The maximum Gasteiger partial charge on any atom is 0.305 e. The number of ether oxygens (including phenoxy) is 1. The predicted octanol–water partition coefficient (Wildman–Crippen LogP) is 3.54. The van der Waals surface area contributed by atoms with Gasteiger partial charge < -0.3 is 10.1 Å². The van der Waals surface area contributed by atoms with Crippen LogP contribution in [0.5, 0.6) is 0 Å². The van der Waals surface area contributed by atoms with Crippen LogP contribution >= 0.6 is 0 Å². The number of esters is 1. The summed E-state index contributed by atoms with van der Waals surface area (Å²) in [6.45, 7) is 2.72. The minimum Gasteiger partial charge on any atom is -0.466 e. The number of ketones is 1. The fourth-order valence-corrected chi connectivity index (χ4v) is 3.21. The van der Waals surface area contributed by atoms with Crippen LogP contribution in [0.15, 0.2) is 30.4 Å². The van der Waals surface area contributed by atoms with Crippen LogP contribution in [0.3, 0.4) is 0 Å². The first-order valence-electron chi connectivity index (χ1n) is 9.88. The number of hydrogen-bond donors (Lipinski definition) is 1. The zero-order valence-electron chi connectivity index (χ0n) is 16.1. The Balaban J connectivity index is 1.67. The molecule has 146 valence electrons. The molecule has 2 rings (SSSR count). The molecule has 0 aliphatic heterocycles. The van der Waals surface area contributed by atoms with Crippen molar-refractivity contribution >= 4 is 17.7 Å². The van der Waals surface area contributed by atoms with Crippen LogP contribution in [-0.2, 0) is 27.2 Å². The molecule has 0 heterocycles. The summed E-state index contributed by atoms with van der Waals surface area (Å²) in [4.78, 5) is 35.3. The van der Waals surface area contributed by atoms with E-state index in [2.05, 4.69) is 5.32 Å². The summed E-state index contributed by atoms with van der Waals surface area (Å²) < 4.78 is 4.86. The number of fused-ring (bicyclic) bond motifs is 1. The lowest BCUT2D eigenvalue weighted by molar-refractivity contribution is -0.143. The van der Waals surface area contributed by atoms with E-state index in [0.29, 0.717) is 25.1 Å². The van der Waals surface area contributed by atoms with Crippen molar-refractivity contribution in [2.75, 3.05) is 13.2 Å². The molecule has 1 aromatic carbocycles. The molecular formula is C22H29NO4. The second kappa shape index (κ2) is 11.3. The molecule has 1 aromatic rings. The molecule has 27 heavy (non-hydrogen) atoms. The molecule has 1 aliphatic rings. The lowest BCUT2D eigenvalue weighted by Gasteiger charge is -2.15. The Morgan fingerprint density at radius 3 is 2.59 bits per heavy atom. The SMILES string of the molecule is CCOC(=O)CCCCCNC(=O)C=CC(=O)c1ccc2c(c1)CCCC2. The van der Waals surface area contributed by atoms with Gasteiger partial charge in [0.15, 0.2) is 5.78 Å². The third-order valence-electron chi connectivity index (χ3n) is 4.68. The third kappa shape index (κ3) is 7.37. The van der Waals surface area contributed by atoms with Crippen molar-refractivity contribution in [1.82, 2.24) is 5.32 Å². The number of rotatable bonds is 10. The number of carbonyl (C=O) groups excluding carboxylic acids is 3. The van der Waals surface area contributed by atoms with E-state index >= 15 is 0 Å². The molecule has 0 saturated carbocycles. The number of benzene rings is 1. The predicted molar refractivity (Wildman–Crippen MR) is 105 cm³/mol. The van der Waals surface area contributed by atoms with Gasteiger partial charge in [-0.2, -0.15) is 0 Å². The molecule has 0 radical (unpaired) electrons. The number of nitrogens with one attached hydrogen (secondary N) is 1. The lowest BCUT2D eigenvalue weighted by atomic mass is 9.90. The lowest BCUT2D eigenvalue weighted by Crippen LogP contribution is -2.22. The molecule has 5 heteroatoms. The summed E-state index contributed by atoms with van der Waals surface area (Å²) in [5.41, 5.74) is 3.23. The summed E-state index contributed by atoms with van der Waals surface area (Å²) in [6.07, 6.45) is 9.92. The molecule has 5 nitrogen and oxygen atoms in total. The quantitative estimate of drug-likeness (QED) is 0.295. The van der Waals surface area contributed by atoms with Crippen molar-refractivity contribution in [3.05, 3.63) is 47.0 Å². The van der Waals surface area contributed by atoms with Crippen molar-refractivity contribution in [2.24, 2.45) is 0 Å². The summed E-state index contributed by atoms with van der Waals surface area (Å²) in [6, 6.07) is 5.84. The molecule has 1 N–H and O–H groups in total. The van der Waals surface area contributed by atoms with Gasteiger partial charge in [0.25, 0.3) is 0 Å². The van der Waals surface area contributed by atoms with E-state index in [1.165, 1.54) is 36.1 Å². The van der Waals surface area contributed by atoms with Gasteiger partial charge in [0, 0.05) is 24.6 Å². The highest BCUT2D eigenvalue weighted by Crippen LogP contribution is 2.22. The van der Waals surface area contributed by atoms with Crippen molar-refractivity contribution in [2.45, 2.75) is 58.3 Å².